The van der Waals surface area contributed by atoms with Crippen LogP contribution in [0.15, 0.2) is 0 Å². The zero-order valence-corrected chi connectivity index (χ0v) is 5.66. The monoisotopic (exact) mass is 149 g/mol. The van der Waals surface area contributed by atoms with Crippen molar-refractivity contribution < 1.29 is 13.6 Å². The maximum absolute atomic E-state index is 12.1. The molecule has 0 saturated heterocycles. The molecule has 1 aliphatic carbocycles. The Kier molecular flexibility index (Phi) is 1.62. The number of nitrogens with one attached hydrogen (secondary N) is 1. The molecule has 0 radical (unpaired) electrons. The van der Waals surface area contributed by atoms with Crippen molar-refractivity contribution in [2.45, 2.75) is 31.7 Å². The molecule has 1 saturated carbocycles. The SMILES string of the molecule is CC(=O)NC1CC(F)(F)C1. The first-order valence-corrected chi connectivity index (χ1v) is 3.14. The number of alkyl halides is 2. The highest BCUT2D eigenvalue weighted by molar-refractivity contribution is 5.73. The van der Waals surface area contributed by atoms with Crippen molar-refractivity contribution in [3.63, 3.8) is 0 Å². The molecule has 58 valence electrons. The highest BCUT2D eigenvalue weighted by atomic mass is 19.3. The second-order valence-corrected chi connectivity index (χ2v) is 2.66. The number of amides is 1. The molecule has 0 aromatic heterocycles. The molecule has 4 heteroatoms. The second-order valence-electron chi connectivity index (χ2n) is 2.66. The summed E-state index contributed by atoms with van der Waals surface area (Å²) in [6.45, 7) is 1.33. The van der Waals surface area contributed by atoms with Crippen molar-refractivity contribution in [3.05, 3.63) is 0 Å². The predicted molar refractivity (Wildman–Crippen MR) is 31.8 cm³/mol. The molecule has 1 rings (SSSR count). The van der Waals surface area contributed by atoms with E-state index in [1.165, 1.54) is 6.92 Å². The zero-order valence-electron chi connectivity index (χ0n) is 5.66. The fraction of sp³-hybridized carbons (Fsp3) is 0.833. The van der Waals surface area contributed by atoms with Gasteiger partial charge in [0.2, 0.25) is 5.91 Å². The topological polar surface area (TPSA) is 29.1 Å². The fourth-order valence-corrected chi connectivity index (χ4v) is 1.05. The lowest BCUT2D eigenvalue weighted by Gasteiger charge is -2.34. The molecule has 1 fully saturated rings. The molecule has 0 spiro atoms. The standard InChI is InChI=1S/C6H9F2NO/c1-4(10)9-5-2-6(7,8)3-5/h5H,2-3H2,1H3,(H,9,10). The van der Waals surface area contributed by atoms with Gasteiger partial charge in [0, 0.05) is 25.8 Å². The highest BCUT2D eigenvalue weighted by Gasteiger charge is 2.45. The summed E-state index contributed by atoms with van der Waals surface area (Å²) in [4.78, 5) is 10.3. The van der Waals surface area contributed by atoms with Gasteiger partial charge in [0.25, 0.3) is 5.92 Å². The summed E-state index contributed by atoms with van der Waals surface area (Å²) in [6, 6.07) is -0.299. The third-order valence-corrected chi connectivity index (χ3v) is 1.50. The molecule has 0 bridgehead atoms. The molecule has 0 aromatic carbocycles. The maximum Gasteiger partial charge on any atom is 0.252 e. The van der Waals surface area contributed by atoms with Crippen LogP contribution in [-0.4, -0.2) is 17.9 Å². The van der Waals surface area contributed by atoms with Gasteiger partial charge in [-0.2, -0.15) is 0 Å². The Morgan fingerprint density at radius 1 is 1.60 bits per heavy atom. The Bertz CT molecular complexity index is 150. The Morgan fingerprint density at radius 2 is 2.10 bits per heavy atom. The number of hydrogen-bond donors (Lipinski definition) is 1. The summed E-state index contributed by atoms with van der Waals surface area (Å²) in [5, 5.41) is 2.42. The molecule has 1 aliphatic rings. The van der Waals surface area contributed by atoms with E-state index in [-0.39, 0.29) is 24.8 Å². The zero-order chi connectivity index (χ0) is 7.78. The Hall–Kier alpha value is -0.670. The van der Waals surface area contributed by atoms with Gasteiger partial charge in [-0.3, -0.25) is 4.79 Å². The molecule has 0 unspecified atom stereocenters. The average Bonchev–Trinajstić information content (AvgIpc) is 1.57. The van der Waals surface area contributed by atoms with Crippen molar-refractivity contribution >= 4 is 5.91 Å². The third-order valence-electron chi connectivity index (χ3n) is 1.50. The normalized spacial score (nSPS) is 23.5. The van der Waals surface area contributed by atoms with E-state index in [9.17, 15) is 13.6 Å². The Labute approximate surface area is 57.6 Å². The molecule has 1 amide bonds. The van der Waals surface area contributed by atoms with E-state index >= 15 is 0 Å². The first-order chi connectivity index (χ1) is 4.49. The summed E-state index contributed by atoms with van der Waals surface area (Å²) < 4.78 is 24.2. The minimum atomic E-state index is -2.53. The molecule has 10 heavy (non-hydrogen) atoms. The quantitative estimate of drug-likeness (QED) is 0.590. The molecule has 1 N–H and O–H groups in total. The first kappa shape index (κ1) is 7.44. The third kappa shape index (κ3) is 1.65. The maximum atomic E-state index is 12.1. The van der Waals surface area contributed by atoms with Gasteiger partial charge in [-0.1, -0.05) is 0 Å². The Morgan fingerprint density at radius 3 is 2.40 bits per heavy atom. The van der Waals surface area contributed by atoms with Crippen LogP contribution in [0.4, 0.5) is 8.78 Å². The van der Waals surface area contributed by atoms with E-state index in [0.717, 1.165) is 0 Å². The van der Waals surface area contributed by atoms with Gasteiger partial charge in [0.15, 0.2) is 0 Å². The molecule has 0 heterocycles. The van der Waals surface area contributed by atoms with Gasteiger partial charge in [-0.05, 0) is 0 Å². The molecular formula is C6H9F2NO. The second kappa shape index (κ2) is 2.18. The van der Waals surface area contributed by atoms with Crippen LogP contribution in [0.3, 0.4) is 0 Å². The lowest BCUT2D eigenvalue weighted by atomic mass is 9.88. The van der Waals surface area contributed by atoms with E-state index in [4.69, 9.17) is 0 Å². The van der Waals surface area contributed by atoms with Crippen molar-refractivity contribution in [2.75, 3.05) is 0 Å². The summed E-state index contributed by atoms with van der Waals surface area (Å²) in [5.41, 5.74) is 0. The summed E-state index contributed by atoms with van der Waals surface area (Å²) in [7, 11) is 0. The summed E-state index contributed by atoms with van der Waals surface area (Å²) in [6.07, 6.45) is -0.404. The van der Waals surface area contributed by atoms with Crippen LogP contribution in [0, 0.1) is 0 Å². The minimum absolute atomic E-state index is 0.202. The molecule has 2 nitrogen and oxygen atoms in total. The molecular weight excluding hydrogens is 140 g/mol. The van der Waals surface area contributed by atoms with Crippen molar-refractivity contribution in [1.29, 1.82) is 0 Å². The van der Waals surface area contributed by atoms with Crippen LogP contribution in [0.1, 0.15) is 19.8 Å². The van der Waals surface area contributed by atoms with Crippen LogP contribution in [0.2, 0.25) is 0 Å². The number of halogens is 2. The van der Waals surface area contributed by atoms with Crippen molar-refractivity contribution in [1.82, 2.24) is 5.32 Å². The van der Waals surface area contributed by atoms with E-state index in [0.29, 0.717) is 0 Å². The van der Waals surface area contributed by atoms with Crippen molar-refractivity contribution in [2.24, 2.45) is 0 Å². The highest BCUT2D eigenvalue weighted by Crippen LogP contribution is 2.37. The number of hydrogen-bond acceptors (Lipinski definition) is 1. The lowest BCUT2D eigenvalue weighted by Crippen LogP contribution is -2.49. The van der Waals surface area contributed by atoms with Gasteiger partial charge >= 0.3 is 0 Å². The van der Waals surface area contributed by atoms with Gasteiger partial charge in [0.1, 0.15) is 0 Å². The number of carbonyl (C=O) groups is 1. The van der Waals surface area contributed by atoms with Gasteiger partial charge < -0.3 is 5.32 Å². The van der Waals surface area contributed by atoms with Crippen LogP contribution in [0.25, 0.3) is 0 Å². The van der Waals surface area contributed by atoms with Crippen LogP contribution < -0.4 is 5.32 Å². The summed E-state index contributed by atoms with van der Waals surface area (Å²) >= 11 is 0. The van der Waals surface area contributed by atoms with E-state index < -0.39 is 5.92 Å². The summed E-state index contributed by atoms with van der Waals surface area (Å²) in [5.74, 6) is -2.77. The van der Waals surface area contributed by atoms with Crippen LogP contribution in [-0.2, 0) is 4.79 Å². The van der Waals surface area contributed by atoms with Gasteiger partial charge in [-0.15, -0.1) is 0 Å². The van der Waals surface area contributed by atoms with E-state index in [1.807, 2.05) is 0 Å². The number of carbonyl (C=O) groups excluding carboxylic acids is 1. The lowest BCUT2D eigenvalue weighted by molar-refractivity contribution is -0.127. The largest absolute Gasteiger partial charge is 0.353 e. The van der Waals surface area contributed by atoms with E-state index in [2.05, 4.69) is 5.32 Å². The fourth-order valence-electron chi connectivity index (χ4n) is 1.05. The van der Waals surface area contributed by atoms with Gasteiger partial charge in [0.05, 0.1) is 0 Å². The average molecular weight is 149 g/mol. The molecule has 0 aromatic rings. The molecule has 0 aliphatic heterocycles. The Balaban J connectivity index is 2.21. The van der Waals surface area contributed by atoms with Crippen molar-refractivity contribution in [3.8, 4) is 0 Å². The number of rotatable bonds is 1. The first-order valence-electron chi connectivity index (χ1n) is 3.14. The van der Waals surface area contributed by atoms with Crippen LogP contribution in [0.5, 0.6) is 0 Å². The predicted octanol–water partition coefficient (Wildman–Crippen LogP) is 0.920. The van der Waals surface area contributed by atoms with Crippen LogP contribution >= 0.6 is 0 Å². The smallest absolute Gasteiger partial charge is 0.252 e. The minimum Gasteiger partial charge on any atom is -0.353 e. The molecule has 0 atom stereocenters. The van der Waals surface area contributed by atoms with Gasteiger partial charge in [-0.25, -0.2) is 8.78 Å². The van der Waals surface area contributed by atoms with E-state index in [1.54, 1.807) is 0 Å².